The van der Waals surface area contributed by atoms with E-state index >= 15 is 0 Å². The zero-order valence-electron chi connectivity index (χ0n) is 18.1. The fraction of sp³-hybridized carbons (Fsp3) is 0.375. The fourth-order valence-electron chi connectivity index (χ4n) is 4.31. The van der Waals surface area contributed by atoms with E-state index in [4.69, 9.17) is 0 Å². The van der Waals surface area contributed by atoms with Crippen LogP contribution in [0.25, 0.3) is 0 Å². The van der Waals surface area contributed by atoms with Crippen molar-refractivity contribution in [3.05, 3.63) is 71.0 Å². The molecule has 2 aliphatic rings. The highest BCUT2D eigenvalue weighted by Crippen LogP contribution is 2.26. The van der Waals surface area contributed by atoms with Gasteiger partial charge in [0, 0.05) is 38.2 Å². The molecular formula is C24H27FN4O3. The molecule has 4 rings (SSSR count). The SMILES string of the molecule is COC(=O)NN=C(Cc1ccc(F)cc1)N1CCC(CN2Cc3ccccc3C2=O)CC1. The van der Waals surface area contributed by atoms with Gasteiger partial charge in [-0.25, -0.2) is 14.6 Å². The molecule has 0 unspecified atom stereocenters. The van der Waals surface area contributed by atoms with Gasteiger partial charge in [-0.3, -0.25) is 4.79 Å². The van der Waals surface area contributed by atoms with Crippen LogP contribution in [0.1, 0.15) is 34.3 Å². The Morgan fingerprint density at radius 2 is 1.88 bits per heavy atom. The third-order valence-corrected chi connectivity index (χ3v) is 6.09. The van der Waals surface area contributed by atoms with Crippen LogP contribution in [0.2, 0.25) is 0 Å². The van der Waals surface area contributed by atoms with Gasteiger partial charge >= 0.3 is 6.09 Å². The van der Waals surface area contributed by atoms with Crippen molar-refractivity contribution in [3.63, 3.8) is 0 Å². The Balaban J connectivity index is 1.37. The number of rotatable bonds is 5. The summed E-state index contributed by atoms with van der Waals surface area (Å²) < 4.78 is 17.9. The zero-order chi connectivity index (χ0) is 22.5. The number of amidine groups is 1. The summed E-state index contributed by atoms with van der Waals surface area (Å²) in [7, 11) is 1.29. The average molecular weight is 439 g/mol. The number of benzene rings is 2. The molecule has 0 radical (unpaired) electrons. The summed E-state index contributed by atoms with van der Waals surface area (Å²) in [5, 5.41) is 4.26. The van der Waals surface area contributed by atoms with E-state index in [1.54, 1.807) is 12.1 Å². The third kappa shape index (κ3) is 5.07. The van der Waals surface area contributed by atoms with Crippen LogP contribution in [0, 0.1) is 11.7 Å². The van der Waals surface area contributed by atoms with Gasteiger partial charge in [0.15, 0.2) is 0 Å². The van der Waals surface area contributed by atoms with Crippen LogP contribution in [0.5, 0.6) is 0 Å². The standard InChI is InChI=1S/C24H27FN4O3/c1-32-24(31)27-26-22(14-17-6-8-20(25)9-7-17)28-12-10-18(11-13-28)15-29-16-19-4-2-3-5-21(19)23(29)30/h2-9,18H,10-16H2,1H3,(H,27,31). The number of carbonyl (C=O) groups is 2. The number of hydrazone groups is 1. The lowest BCUT2D eigenvalue weighted by Gasteiger charge is -2.35. The van der Waals surface area contributed by atoms with E-state index < -0.39 is 6.09 Å². The molecule has 0 saturated carbocycles. The minimum Gasteiger partial charge on any atom is -0.452 e. The lowest BCUT2D eigenvalue weighted by atomic mass is 9.95. The highest BCUT2D eigenvalue weighted by atomic mass is 19.1. The first-order valence-corrected chi connectivity index (χ1v) is 10.8. The molecule has 1 N–H and O–H groups in total. The van der Waals surface area contributed by atoms with Crippen molar-refractivity contribution >= 4 is 17.8 Å². The van der Waals surface area contributed by atoms with E-state index in [0.29, 0.717) is 24.7 Å². The number of nitrogens with one attached hydrogen (secondary N) is 1. The maximum atomic E-state index is 13.3. The molecule has 0 spiro atoms. The van der Waals surface area contributed by atoms with E-state index in [1.165, 1.54) is 19.2 Å². The van der Waals surface area contributed by atoms with E-state index in [0.717, 1.165) is 49.2 Å². The molecule has 2 amide bonds. The van der Waals surface area contributed by atoms with Crippen molar-refractivity contribution in [3.8, 4) is 0 Å². The second kappa shape index (κ2) is 9.80. The molecule has 7 nitrogen and oxygen atoms in total. The highest BCUT2D eigenvalue weighted by Gasteiger charge is 2.30. The number of hydrogen-bond acceptors (Lipinski definition) is 4. The Bertz CT molecular complexity index is 1000. The number of carbonyl (C=O) groups excluding carboxylic acids is 2. The maximum Gasteiger partial charge on any atom is 0.427 e. The summed E-state index contributed by atoms with van der Waals surface area (Å²) in [5.74, 6) is 0.929. The van der Waals surface area contributed by atoms with Crippen LogP contribution in [0.4, 0.5) is 9.18 Å². The number of halogens is 1. The number of amides is 2. The number of likely N-dealkylation sites (tertiary alicyclic amines) is 1. The molecular weight excluding hydrogens is 411 g/mol. The van der Waals surface area contributed by atoms with Crippen molar-refractivity contribution in [2.45, 2.75) is 25.8 Å². The monoisotopic (exact) mass is 438 g/mol. The van der Waals surface area contributed by atoms with Gasteiger partial charge in [0.25, 0.3) is 5.91 Å². The molecule has 1 fully saturated rings. The van der Waals surface area contributed by atoms with E-state index in [2.05, 4.69) is 20.2 Å². The quantitative estimate of drug-likeness (QED) is 0.441. The van der Waals surface area contributed by atoms with Gasteiger partial charge in [-0.05, 0) is 48.1 Å². The molecule has 2 heterocycles. The Hall–Kier alpha value is -3.42. The van der Waals surface area contributed by atoms with Crippen LogP contribution in [-0.4, -0.2) is 54.4 Å². The topological polar surface area (TPSA) is 74.2 Å². The smallest absolute Gasteiger partial charge is 0.427 e. The number of ether oxygens (including phenoxy) is 1. The number of fused-ring (bicyclic) bond motifs is 1. The molecule has 168 valence electrons. The Kier molecular flexibility index (Phi) is 6.68. The molecule has 2 aromatic rings. The molecule has 0 atom stereocenters. The third-order valence-electron chi connectivity index (χ3n) is 6.09. The predicted molar refractivity (Wildman–Crippen MR) is 119 cm³/mol. The number of methoxy groups -OCH3 is 1. The minimum atomic E-state index is -0.636. The molecule has 2 aromatic carbocycles. The molecule has 1 saturated heterocycles. The number of piperidine rings is 1. The van der Waals surface area contributed by atoms with Gasteiger partial charge in [0.2, 0.25) is 0 Å². The first kappa shape index (κ1) is 21.8. The highest BCUT2D eigenvalue weighted by molar-refractivity contribution is 5.98. The molecule has 8 heteroatoms. The van der Waals surface area contributed by atoms with Crippen LogP contribution >= 0.6 is 0 Å². The average Bonchev–Trinajstić information content (AvgIpc) is 3.13. The lowest BCUT2D eigenvalue weighted by molar-refractivity contribution is 0.0729. The number of nitrogens with zero attached hydrogens (tertiary/aromatic N) is 3. The zero-order valence-corrected chi connectivity index (χ0v) is 18.1. The van der Waals surface area contributed by atoms with Gasteiger partial charge < -0.3 is 14.5 Å². The van der Waals surface area contributed by atoms with Gasteiger partial charge in [-0.1, -0.05) is 30.3 Å². The number of hydrogen-bond donors (Lipinski definition) is 1. The Morgan fingerprint density at radius 3 is 2.56 bits per heavy atom. The van der Waals surface area contributed by atoms with Crippen molar-refractivity contribution in [2.24, 2.45) is 11.0 Å². The van der Waals surface area contributed by atoms with Gasteiger partial charge in [0.1, 0.15) is 11.7 Å². The van der Waals surface area contributed by atoms with Crippen molar-refractivity contribution < 1.29 is 18.7 Å². The fourth-order valence-corrected chi connectivity index (χ4v) is 4.31. The summed E-state index contributed by atoms with van der Waals surface area (Å²) in [4.78, 5) is 28.3. The summed E-state index contributed by atoms with van der Waals surface area (Å²) in [5.41, 5.74) is 5.22. The van der Waals surface area contributed by atoms with Gasteiger partial charge in [-0.15, -0.1) is 0 Å². The lowest BCUT2D eigenvalue weighted by Crippen LogP contribution is -2.43. The van der Waals surface area contributed by atoms with Gasteiger partial charge in [0.05, 0.1) is 7.11 Å². The second-order valence-corrected chi connectivity index (χ2v) is 8.21. The Labute approximate surface area is 186 Å². The molecule has 0 aromatic heterocycles. The molecule has 0 aliphatic carbocycles. The summed E-state index contributed by atoms with van der Waals surface area (Å²) in [6.07, 6.45) is 1.67. The maximum absolute atomic E-state index is 13.3. The molecule has 2 aliphatic heterocycles. The van der Waals surface area contributed by atoms with Crippen LogP contribution in [0.15, 0.2) is 53.6 Å². The molecule has 0 bridgehead atoms. The summed E-state index contributed by atoms with van der Waals surface area (Å²) in [6.45, 7) is 2.95. The minimum absolute atomic E-state index is 0.115. The summed E-state index contributed by atoms with van der Waals surface area (Å²) in [6, 6.07) is 14.0. The first-order valence-electron chi connectivity index (χ1n) is 10.8. The van der Waals surface area contributed by atoms with E-state index in [1.807, 2.05) is 29.2 Å². The van der Waals surface area contributed by atoms with Crippen LogP contribution < -0.4 is 5.43 Å². The summed E-state index contributed by atoms with van der Waals surface area (Å²) >= 11 is 0. The van der Waals surface area contributed by atoms with Crippen LogP contribution in [-0.2, 0) is 17.7 Å². The van der Waals surface area contributed by atoms with Crippen molar-refractivity contribution in [1.29, 1.82) is 0 Å². The van der Waals surface area contributed by atoms with Gasteiger partial charge in [-0.2, -0.15) is 5.10 Å². The largest absolute Gasteiger partial charge is 0.452 e. The molecule has 32 heavy (non-hydrogen) atoms. The van der Waals surface area contributed by atoms with Crippen LogP contribution in [0.3, 0.4) is 0 Å². The predicted octanol–water partition coefficient (Wildman–Crippen LogP) is 3.41. The Morgan fingerprint density at radius 1 is 1.16 bits per heavy atom. The normalized spacial score (nSPS) is 16.8. The van der Waals surface area contributed by atoms with E-state index in [9.17, 15) is 14.0 Å². The van der Waals surface area contributed by atoms with E-state index in [-0.39, 0.29) is 11.7 Å². The second-order valence-electron chi connectivity index (χ2n) is 8.21. The van der Waals surface area contributed by atoms with Crippen molar-refractivity contribution in [1.82, 2.24) is 15.2 Å². The van der Waals surface area contributed by atoms with Crippen molar-refractivity contribution in [2.75, 3.05) is 26.7 Å². The first-order chi connectivity index (χ1) is 15.5.